The van der Waals surface area contributed by atoms with Crippen LogP contribution in [0.15, 0.2) is 30.4 Å². The van der Waals surface area contributed by atoms with Gasteiger partial charge in [0.15, 0.2) is 0 Å². The van der Waals surface area contributed by atoms with Crippen LogP contribution in [-0.4, -0.2) is 5.88 Å². The van der Waals surface area contributed by atoms with E-state index in [1.807, 2.05) is 0 Å². The molecule has 0 N–H and O–H groups in total. The summed E-state index contributed by atoms with van der Waals surface area (Å²) < 4.78 is 0. The minimum atomic E-state index is 0. The fourth-order valence-corrected chi connectivity index (χ4v) is 0.693. The third-order valence-electron chi connectivity index (χ3n) is 1.26. The predicted molar refractivity (Wildman–Crippen MR) is 51.7 cm³/mol. The SMILES string of the molecule is C=CCCl.CCC1=[C-]CC=C1.[Ti]. The Bertz CT molecular complexity index is 159. The molecule has 2 heteroatoms. The average Bonchev–Trinajstić information content (AvgIpc) is 2.56. The van der Waals surface area contributed by atoms with Crippen LogP contribution in [0.1, 0.15) is 19.8 Å². The minimum Gasteiger partial charge on any atom is -0.270 e. The predicted octanol–water partition coefficient (Wildman–Crippen LogP) is 3.49. The molecule has 0 aromatic rings. The molecule has 12 heavy (non-hydrogen) atoms. The Kier molecular flexibility index (Phi) is 13.8. The Hall–Kier alpha value is 0.224. The largest absolute Gasteiger partial charge is 0.270 e. The number of hydrogen-bond donors (Lipinski definition) is 0. The molecule has 1 aliphatic rings. The summed E-state index contributed by atoms with van der Waals surface area (Å²) in [4.78, 5) is 0. The van der Waals surface area contributed by atoms with Crippen molar-refractivity contribution in [3.05, 3.63) is 36.5 Å². The molecular weight excluding hydrogens is 203 g/mol. The van der Waals surface area contributed by atoms with Crippen LogP contribution in [0.25, 0.3) is 0 Å². The van der Waals surface area contributed by atoms with E-state index in [0.717, 1.165) is 12.8 Å². The Labute approximate surface area is 95.3 Å². The fraction of sp³-hybridized carbons (Fsp3) is 0.400. The molecule has 0 amide bonds. The van der Waals surface area contributed by atoms with Crippen molar-refractivity contribution in [2.75, 3.05) is 5.88 Å². The molecule has 0 heterocycles. The Morgan fingerprint density at radius 2 is 2.33 bits per heavy atom. The molecule has 0 atom stereocenters. The van der Waals surface area contributed by atoms with Gasteiger partial charge >= 0.3 is 0 Å². The fourth-order valence-electron chi connectivity index (χ4n) is 0.693. The molecule has 0 aliphatic heterocycles. The van der Waals surface area contributed by atoms with Gasteiger partial charge in [-0.15, -0.1) is 24.6 Å². The molecule has 0 radical (unpaired) electrons. The number of halogens is 1. The number of hydrogen-bond acceptors (Lipinski definition) is 0. The molecule has 0 saturated carbocycles. The van der Waals surface area contributed by atoms with Gasteiger partial charge in [-0.1, -0.05) is 19.4 Å². The van der Waals surface area contributed by atoms with Crippen molar-refractivity contribution in [3.8, 4) is 0 Å². The van der Waals surface area contributed by atoms with Crippen LogP contribution in [0.3, 0.4) is 0 Å². The zero-order chi connectivity index (χ0) is 8.53. The number of alkyl halides is 1. The molecule has 0 fully saturated rings. The van der Waals surface area contributed by atoms with Crippen molar-refractivity contribution in [3.63, 3.8) is 0 Å². The maximum atomic E-state index is 5.07. The summed E-state index contributed by atoms with van der Waals surface area (Å²) in [6, 6.07) is 0. The van der Waals surface area contributed by atoms with E-state index in [9.17, 15) is 0 Å². The third-order valence-corrected chi connectivity index (χ3v) is 1.47. The van der Waals surface area contributed by atoms with Crippen molar-refractivity contribution in [2.45, 2.75) is 19.8 Å². The average molecular weight is 218 g/mol. The van der Waals surface area contributed by atoms with Gasteiger partial charge < -0.3 is 0 Å². The van der Waals surface area contributed by atoms with E-state index in [2.05, 4.69) is 31.7 Å². The van der Waals surface area contributed by atoms with Gasteiger partial charge in [0.25, 0.3) is 0 Å². The zero-order valence-electron chi connectivity index (χ0n) is 7.44. The maximum absolute atomic E-state index is 5.07. The molecule has 66 valence electrons. The molecule has 1 aliphatic carbocycles. The molecule has 0 aromatic heterocycles. The standard InChI is InChI=1S/C7H9.C3H5Cl.Ti/c1-2-7-5-3-4-6-7;1-2-3-4;/h3,5H,2,4H2,1H3;2H,1,3H2;/q-1;;. The van der Waals surface area contributed by atoms with Crippen LogP contribution in [0.5, 0.6) is 0 Å². The van der Waals surface area contributed by atoms with E-state index in [1.54, 1.807) is 6.08 Å². The molecule has 0 aromatic carbocycles. The van der Waals surface area contributed by atoms with Crippen molar-refractivity contribution in [2.24, 2.45) is 0 Å². The maximum Gasteiger partial charge on any atom is 0.0401 e. The normalized spacial score (nSPS) is 12.3. The van der Waals surface area contributed by atoms with Crippen molar-refractivity contribution in [1.82, 2.24) is 0 Å². The van der Waals surface area contributed by atoms with Gasteiger partial charge in [-0.3, -0.25) is 6.08 Å². The van der Waals surface area contributed by atoms with Crippen LogP contribution < -0.4 is 0 Å². The van der Waals surface area contributed by atoms with E-state index in [1.165, 1.54) is 5.57 Å². The van der Waals surface area contributed by atoms with E-state index in [4.69, 9.17) is 11.6 Å². The van der Waals surface area contributed by atoms with Gasteiger partial charge in [-0.05, 0) is 0 Å². The van der Waals surface area contributed by atoms with E-state index in [0.29, 0.717) is 5.88 Å². The van der Waals surface area contributed by atoms with Crippen molar-refractivity contribution in [1.29, 1.82) is 0 Å². The van der Waals surface area contributed by atoms with Gasteiger partial charge in [0.05, 0.1) is 0 Å². The smallest absolute Gasteiger partial charge is 0.0401 e. The second-order valence-electron chi connectivity index (χ2n) is 2.11. The molecule has 1 rings (SSSR count). The first-order valence-corrected chi connectivity index (χ1v) is 4.31. The monoisotopic (exact) mass is 217 g/mol. The quantitative estimate of drug-likeness (QED) is 0.287. The summed E-state index contributed by atoms with van der Waals surface area (Å²) in [7, 11) is 0. The first-order chi connectivity index (χ1) is 5.35. The summed E-state index contributed by atoms with van der Waals surface area (Å²) in [6.07, 6.45) is 11.3. The Morgan fingerprint density at radius 3 is 2.50 bits per heavy atom. The van der Waals surface area contributed by atoms with Crippen LogP contribution >= 0.6 is 11.6 Å². The second-order valence-corrected chi connectivity index (χ2v) is 2.41. The Morgan fingerprint density at radius 1 is 1.75 bits per heavy atom. The van der Waals surface area contributed by atoms with Crippen LogP contribution in [-0.2, 0) is 21.7 Å². The van der Waals surface area contributed by atoms with Crippen molar-refractivity contribution >= 4 is 11.6 Å². The summed E-state index contributed by atoms with van der Waals surface area (Å²) in [5.74, 6) is 0.556. The number of allylic oxidation sites excluding steroid dienone is 5. The first kappa shape index (κ1) is 14.7. The second kappa shape index (κ2) is 11.2. The summed E-state index contributed by atoms with van der Waals surface area (Å²) >= 11 is 5.07. The molecule has 0 saturated heterocycles. The van der Waals surface area contributed by atoms with E-state index in [-0.39, 0.29) is 21.7 Å². The zero-order valence-corrected chi connectivity index (χ0v) is 9.76. The third kappa shape index (κ3) is 8.32. The van der Waals surface area contributed by atoms with Crippen LogP contribution in [0.2, 0.25) is 0 Å². The number of rotatable bonds is 2. The van der Waals surface area contributed by atoms with E-state index >= 15 is 0 Å². The summed E-state index contributed by atoms with van der Waals surface area (Å²) in [5.41, 5.74) is 1.36. The topological polar surface area (TPSA) is 0 Å². The molecule has 0 nitrogen and oxygen atoms in total. The molecular formula is C10H14ClTi-. The van der Waals surface area contributed by atoms with Gasteiger partial charge in [-0.2, -0.15) is 6.08 Å². The minimum absolute atomic E-state index is 0. The van der Waals surface area contributed by atoms with E-state index < -0.39 is 0 Å². The van der Waals surface area contributed by atoms with Crippen LogP contribution in [0.4, 0.5) is 0 Å². The van der Waals surface area contributed by atoms with Gasteiger partial charge in [-0.25, -0.2) is 11.6 Å². The van der Waals surface area contributed by atoms with Gasteiger partial charge in [0.2, 0.25) is 0 Å². The molecule has 0 bridgehead atoms. The summed E-state index contributed by atoms with van der Waals surface area (Å²) in [6.45, 7) is 5.50. The molecule has 0 unspecified atom stereocenters. The molecule has 0 spiro atoms. The van der Waals surface area contributed by atoms with Crippen LogP contribution in [0, 0.1) is 6.08 Å². The van der Waals surface area contributed by atoms with Gasteiger partial charge in [0.1, 0.15) is 0 Å². The van der Waals surface area contributed by atoms with Crippen molar-refractivity contribution < 1.29 is 21.7 Å². The van der Waals surface area contributed by atoms with Gasteiger partial charge in [0, 0.05) is 27.6 Å². The summed E-state index contributed by atoms with van der Waals surface area (Å²) in [5, 5.41) is 0. The first-order valence-electron chi connectivity index (χ1n) is 3.78. The Balaban J connectivity index is 0.